The maximum Gasteiger partial charge on any atom is 0.238 e. The van der Waals surface area contributed by atoms with E-state index in [0.29, 0.717) is 33.1 Å². The first-order valence-corrected chi connectivity index (χ1v) is 14.2. The predicted octanol–water partition coefficient (Wildman–Crippen LogP) is 6.59. The van der Waals surface area contributed by atoms with Crippen molar-refractivity contribution in [1.29, 1.82) is 0 Å². The molecule has 42 heavy (non-hydrogen) atoms. The second-order valence-electron chi connectivity index (χ2n) is 11.0. The Morgan fingerprint density at radius 2 is 1.50 bits per heavy atom. The van der Waals surface area contributed by atoms with E-state index < -0.39 is 23.4 Å². The lowest BCUT2D eigenvalue weighted by Crippen LogP contribution is -2.51. The summed E-state index contributed by atoms with van der Waals surface area (Å²) >= 11 is 6.18. The molecule has 0 aromatic heterocycles. The minimum atomic E-state index is -1.37. The van der Waals surface area contributed by atoms with Crippen LogP contribution in [0.3, 0.4) is 0 Å². The molecule has 4 atom stereocenters. The van der Waals surface area contributed by atoms with Crippen LogP contribution in [-0.4, -0.2) is 36.7 Å². The number of hydrogen-bond acceptors (Lipinski definition) is 5. The molecule has 4 aromatic rings. The van der Waals surface area contributed by atoms with Gasteiger partial charge < -0.3 is 15.0 Å². The minimum Gasteiger partial charge on any atom is -0.497 e. The lowest BCUT2D eigenvalue weighted by molar-refractivity contribution is -0.121. The fourth-order valence-electron chi connectivity index (χ4n) is 7.11. The molecule has 208 valence electrons. The number of ketones is 2. The van der Waals surface area contributed by atoms with Gasteiger partial charge in [0.1, 0.15) is 17.2 Å². The van der Waals surface area contributed by atoms with E-state index in [1.807, 2.05) is 66.4 Å². The zero-order valence-corrected chi connectivity index (χ0v) is 23.8. The number of benzene rings is 4. The van der Waals surface area contributed by atoms with Crippen LogP contribution in [0.5, 0.6) is 5.75 Å². The van der Waals surface area contributed by atoms with Crippen molar-refractivity contribution in [2.24, 2.45) is 5.92 Å². The van der Waals surface area contributed by atoms with Gasteiger partial charge in [-0.2, -0.15) is 0 Å². The molecule has 7 heteroatoms. The van der Waals surface area contributed by atoms with Crippen molar-refractivity contribution < 1.29 is 19.1 Å². The highest BCUT2D eigenvalue weighted by atomic mass is 35.5. The highest BCUT2D eigenvalue weighted by molar-refractivity contribution is 6.30. The van der Waals surface area contributed by atoms with Crippen LogP contribution in [0.1, 0.15) is 38.8 Å². The number of fused-ring (bicyclic) bond motifs is 6. The van der Waals surface area contributed by atoms with Gasteiger partial charge in [-0.15, -0.1) is 0 Å². The summed E-state index contributed by atoms with van der Waals surface area (Å²) in [7, 11) is 1.56. The molecule has 1 N–H and O–H groups in total. The monoisotopic (exact) mass is 574 g/mol. The number of rotatable bonds is 5. The van der Waals surface area contributed by atoms with E-state index in [1.54, 1.807) is 55.6 Å². The van der Waals surface area contributed by atoms with E-state index in [-0.39, 0.29) is 17.5 Å². The number of allylic oxidation sites excluding steroid dienone is 1. The van der Waals surface area contributed by atoms with Crippen LogP contribution in [0.4, 0.5) is 11.4 Å². The summed E-state index contributed by atoms with van der Waals surface area (Å²) in [6, 6.07) is 27.3. The predicted molar refractivity (Wildman–Crippen MR) is 163 cm³/mol. The molecule has 0 aliphatic carbocycles. The quantitative estimate of drug-likeness (QED) is 0.272. The third-order valence-corrected chi connectivity index (χ3v) is 9.19. The lowest BCUT2D eigenvalue weighted by Gasteiger charge is -2.39. The number of methoxy groups -OCH3 is 1. The Bertz CT molecular complexity index is 1800. The summed E-state index contributed by atoms with van der Waals surface area (Å²) in [5.41, 5.74) is 3.58. The summed E-state index contributed by atoms with van der Waals surface area (Å²) in [4.78, 5) is 46.0. The maximum absolute atomic E-state index is 14.9. The average Bonchev–Trinajstić information content (AvgIpc) is 3.49. The molecule has 6 nitrogen and oxygen atoms in total. The standard InChI is InChI=1S/C35H27ClN2O4/c1-20-19-29-35(26-8-4-5-9-27(26)37-34(35)41)30(32(39)21-13-17-24(42-2)18-14-21)31(33(40)22-11-15-23(36)16-12-22)38(29)28-10-6-3-7-25(20)28/h3-19,29-31H,1-2H3,(H,37,41)/t29-,30+,31+,35-/m1/s1. The van der Waals surface area contributed by atoms with Gasteiger partial charge in [-0.1, -0.05) is 54.1 Å². The molecular weight excluding hydrogens is 548 g/mol. The van der Waals surface area contributed by atoms with Gasteiger partial charge in [0.15, 0.2) is 11.6 Å². The van der Waals surface area contributed by atoms with Crippen LogP contribution in [-0.2, 0) is 10.2 Å². The molecule has 1 amide bonds. The van der Waals surface area contributed by atoms with Crippen LogP contribution < -0.4 is 15.0 Å². The summed E-state index contributed by atoms with van der Waals surface area (Å²) in [5, 5.41) is 3.57. The number of hydrogen-bond donors (Lipinski definition) is 1. The molecule has 3 aliphatic rings. The molecule has 1 fully saturated rings. The number of halogens is 1. The number of para-hydroxylation sites is 2. The Balaban J connectivity index is 1.54. The molecule has 7 rings (SSSR count). The molecule has 1 spiro atoms. The van der Waals surface area contributed by atoms with Crippen LogP contribution >= 0.6 is 11.6 Å². The van der Waals surface area contributed by atoms with Gasteiger partial charge >= 0.3 is 0 Å². The average molecular weight is 575 g/mol. The van der Waals surface area contributed by atoms with Gasteiger partial charge in [0.2, 0.25) is 5.91 Å². The second-order valence-corrected chi connectivity index (χ2v) is 11.4. The van der Waals surface area contributed by atoms with E-state index in [1.165, 1.54) is 0 Å². The van der Waals surface area contributed by atoms with Crippen LogP contribution in [0.15, 0.2) is 103 Å². The fraction of sp³-hybridized carbons (Fsp3) is 0.171. The summed E-state index contributed by atoms with van der Waals surface area (Å²) in [5.74, 6) is -1.26. The number of carbonyl (C=O) groups is 3. The third kappa shape index (κ3) is 3.61. The number of anilines is 2. The van der Waals surface area contributed by atoms with E-state index in [4.69, 9.17) is 16.3 Å². The van der Waals surface area contributed by atoms with Crippen LogP contribution in [0, 0.1) is 5.92 Å². The zero-order valence-electron chi connectivity index (χ0n) is 23.0. The fourth-order valence-corrected chi connectivity index (χ4v) is 7.23. The molecule has 0 unspecified atom stereocenters. The molecule has 3 aliphatic heterocycles. The molecule has 3 heterocycles. The number of amides is 1. The number of nitrogens with one attached hydrogen (secondary N) is 1. The van der Waals surface area contributed by atoms with E-state index in [9.17, 15) is 14.4 Å². The molecule has 0 bridgehead atoms. The Morgan fingerprint density at radius 1 is 0.857 bits per heavy atom. The molecule has 0 saturated carbocycles. The number of Topliss-reactive ketones (excluding diaryl/α,β-unsaturated/α-hetero) is 2. The number of nitrogens with zero attached hydrogens (tertiary/aromatic N) is 1. The number of ether oxygens (including phenoxy) is 1. The normalized spacial score (nSPS) is 23.5. The van der Waals surface area contributed by atoms with Crippen molar-refractivity contribution >= 4 is 46.0 Å². The smallest absolute Gasteiger partial charge is 0.238 e. The molecule has 4 aromatic carbocycles. The Hall–Kier alpha value is -4.68. The van der Waals surface area contributed by atoms with E-state index in [0.717, 1.165) is 16.8 Å². The summed E-state index contributed by atoms with van der Waals surface area (Å²) in [6.07, 6.45) is 2.05. The maximum atomic E-state index is 14.9. The first kappa shape index (κ1) is 26.2. The van der Waals surface area contributed by atoms with Crippen molar-refractivity contribution in [2.75, 3.05) is 17.3 Å². The molecular formula is C35H27ClN2O4. The molecule has 1 saturated heterocycles. The first-order chi connectivity index (χ1) is 20.4. The topological polar surface area (TPSA) is 75.7 Å². The third-order valence-electron chi connectivity index (χ3n) is 8.94. The van der Waals surface area contributed by atoms with Gasteiger partial charge in [-0.3, -0.25) is 14.4 Å². The van der Waals surface area contributed by atoms with Gasteiger partial charge in [-0.05, 0) is 78.7 Å². The van der Waals surface area contributed by atoms with Crippen molar-refractivity contribution in [2.45, 2.75) is 24.4 Å². The van der Waals surface area contributed by atoms with Crippen LogP contribution in [0.25, 0.3) is 5.57 Å². The van der Waals surface area contributed by atoms with Gasteiger partial charge in [0, 0.05) is 33.1 Å². The van der Waals surface area contributed by atoms with Crippen molar-refractivity contribution in [3.63, 3.8) is 0 Å². The first-order valence-electron chi connectivity index (χ1n) is 13.8. The SMILES string of the molecule is COc1ccc(C(=O)[C@@H]2[C@@H](C(=O)c3ccc(Cl)cc3)N3c4ccccc4C(C)=C[C@@H]3[C@@]23C(=O)Nc2ccccc23)cc1. The second kappa shape index (κ2) is 9.71. The van der Waals surface area contributed by atoms with Gasteiger partial charge in [0.05, 0.1) is 19.1 Å². The Morgan fingerprint density at radius 3 is 2.24 bits per heavy atom. The zero-order chi connectivity index (χ0) is 29.2. The summed E-state index contributed by atoms with van der Waals surface area (Å²) < 4.78 is 5.33. The van der Waals surface area contributed by atoms with Gasteiger partial charge in [0.25, 0.3) is 0 Å². The Kier molecular flexibility index (Phi) is 6.06. The lowest BCUT2D eigenvalue weighted by atomic mass is 9.64. The number of carbonyl (C=O) groups excluding carboxylic acids is 3. The highest BCUT2D eigenvalue weighted by Crippen LogP contribution is 2.58. The van der Waals surface area contributed by atoms with Crippen molar-refractivity contribution in [1.82, 2.24) is 0 Å². The summed E-state index contributed by atoms with van der Waals surface area (Å²) in [6.45, 7) is 2.01. The van der Waals surface area contributed by atoms with Crippen molar-refractivity contribution in [3.8, 4) is 5.75 Å². The minimum absolute atomic E-state index is 0.250. The van der Waals surface area contributed by atoms with Crippen LogP contribution in [0.2, 0.25) is 5.02 Å². The van der Waals surface area contributed by atoms with Gasteiger partial charge in [-0.25, -0.2) is 0 Å². The van der Waals surface area contributed by atoms with E-state index >= 15 is 0 Å². The largest absolute Gasteiger partial charge is 0.497 e. The Labute approximate surface area is 248 Å². The van der Waals surface area contributed by atoms with E-state index in [2.05, 4.69) is 5.32 Å². The van der Waals surface area contributed by atoms with Crippen molar-refractivity contribution in [3.05, 3.63) is 130 Å². The highest BCUT2D eigenvalue weighted by Gasteiger charge is 2.70. The molecule has 0 radical (unpaired) electrons.